The number of hydrogen-bond donors (Lipinski definition) is 0. The lowest BCUT2D eigenvalue weighted by molar-refractivity contribution is 0.306. The second-order valence-corrected chi connectivity index (χ2v) is 6.48. The highest BCUT2D eigenvalue weighted by molar-refractivity contribution is 9.10. The molecule has 2 aromatic carbocycles. The second kappa shape index (κ2) is 7.03. The van der Waals surface area contributed by atoms with Crippen molar-refractivity contribution in [1.29, 1.82) is 0 Å². The molecule has 0 spiro atoms. The van der Waals surface area contributed by atoms with E-state index >= 15 is 0 Å². The van der Waals surface area contributed by atoms with Crippen LogP contribution in [0.3, 0.4) is 0 Å². The quantitative estimate of drug-likeness (QED) is 0.534. The molecule has 0 aliphatic heterocycles. The first-order chi connectivity index (χ1) is 9.51. The van der Waals surface area contributed by atoms with E-state index in [9.17, 15) is 0 Å². The minimum absolute atomic E-state index is 0.389. The normalized spacial score (nSPS) is 10.4. The van der Waals surface area contributed by atoms with Gasteiger partial charge in [-0.2, -0.15) is 0 Å². The predicted molar refractivity (Wildman–Crippen MR) is 89.2 cm³/mol. The van der Waals surface area contributed by atoms with E-state index in [0.717, 1.165) is 20.3 Å². The summed E-state index contributed by atoms with van der Waals surface area (Å²) in [4.78, 5) is 0. The van der Waals surface area contributed by atoms with Crippen LogP contribution >= 0.6 is 55.1 Å². The van der Waals surface area contributed by atoms with E-state index in [0.29, 0.717) is 22.4 Å². The molecule has 0 aliphatic carbocycles. The number of rotatable bonds is 4. The molecule has 0 N–H and O–H groups in total. The number of methoxy groups -OCH3 is 1. The van der Waals surface area contributed by atoms with Gasteiger partial charge < -0.3 is 9.47 Å². The van der Waals surface area contributed by atoms with Gasteiger partial charge in [0.25, 0.3) is 0 Å². The van der Waals surface area contributed by atoms with Crippen molar-refractivity contribution in [2.75, 3.05) is 7.11 Å². The third-order valence-corrected chi connectivity index (χ3v) is 4.70. The van der Waals surface area contributed by atoms with E-state index in [1.807, 2.05) is 18.2 Å². The molecule has 2 rings (SSSR count). The summed E-state index contributed by atoms with van der Waals surface area (Å²) in [6, 6.07) is 9.14. The minimum Gasteiger partial charge on any atom is -0.496 e. The molecule has 106 valence electrons. The zero-order chi connectivity index (χ0) is 14.7. The van der Waals surface area contributed by atoms with Gasteiger partial charge in [-0.05, 0) is 55.6 Å². The van der Waals surface area contributed by atoms with Crippen molar-refractivity contribution in [2.45, 2.75) is 6.61 Å². The summed E-state index contributed by atoms with van der Waals surface area (Å²) in [5.74, 6) is 1.32. The summed E-state index contributed by atoms with van der Waals surface area (Å²) >= 11 is 18.9. The maximum atomic E-state index is 6.10. The smallest absolute Gasteiger partial charge is 0.139 e. The van der Waals surface area contributed by atoms with Gasteiger partial charge in [0.05, 0.1) is 21.6 Å². The van der Waals surface area contributed by atoms with Crippen LogP contribution in [0.2, 0.25) is 10.0 Å². The molecule has 6 heteroatoms. The highest BCUT2D eigenvalue weighted by Gasteiger charge is 2.08. The van der Waals surface area contributed by atoms with Gasteiger partial charge in [-0.15, -0.1) is 0 Å². The second-order valence-electron chi connectivity index (χ2n) is 3.95. The highest BCUT2D eigenvalue weighted by atomic mass is 79.9. The molecule has 0 aromatic heterocycles. The fourth-order valence-corrected chi connectivity index (χ4v) is 3.01. The molecule has 0 unspecified atom stereocenters. The van der Waals surface area contributed by atoms with E-state index in [1.165, 1.54) is 0 Å². The third-order valence-electron chi connectivity index (χ3n) is 2.59. The Hall–Kier alpha value is -0.420. The molecule has 0 aliphatic rings. The Balaban J connectivity index is 2.13. The Labute approximate surface area is 144 Å². The first-order valence-corrected chi connectivity index (χ1v) is 7.95. The summed E-state index contributed by atoms with van der Waals surface area (Å²) in [7, 11) is 1.62. The summed E-state index contributed by atoms with van der Waals surface area (Å²) in [5, 5.41) is 1.06. The molecule has 0 radical (unpaired) electrons. The van der Waals surface area contributed by atoms with Gasteiger partial charge in [0.1, 0.15) is 18.1 Å². The molecule has 0 saturated carbocycles. The average Bonchev–Trinajstić information content (AvgIpc) is 2.41. The van der Waals surface area contributed by atoms with Gasteiger partial charge in [-0.1, -0.05) is 29.3 Å². The number of benzene rings is 2. The molecule has 0 heterocycles. The topological polar surface area (TPSA) is 18.5 Å². The van der Waals surface area contributed by atoms with Gasteiger partial charge in [0, 0.05) is 10.5 Å². The van der Waals surface area contributed by atoms with Gasteiger partial charge in [0.2, 0.25) is 0 Å². The van der Waals surface area contributed by atoms with Crippen molar-refractivity contribution >= 4 is 55.1 Å². The number of hydrogen-bond acceptors (Lipinski definition) is 2. The molecule has 0 saturated heterocycles. The van der Waals surface area contributed by atoms with Crippen LogP contribution in [-0.2, 0) is 6.61 Å². The number of halogens is 4. The van der Waals surface area contributed by atoms with E-state index in [1.54, 1.807) is 19.2 Å². The molecular formula is C14H10Br2Cl2O2. The molecular weight excluding hydrogens is 431 g/mol. The zero-order valence-electron chi connectivity index (χ0n) is 10.4. The molecule has 0 fully saturated rings. The van der Waals surface area contributed by atoms with Crippen LogP contribution in [-0.4, -0.2) is 7.11 Å². The van der Waals surface area contributed by atoms with Crippen molar-refractivity contribution < 1.29 is 9.47 Å². The summed E-state index contributed by atoms with van der Waals surface area (Å²) < 4.78 is 12.5. The van der Waals surface area contributed by atoms with Crippen molar-refractivity contribution in [3.8, 4) is 11.5 Å². The van der Waals surface area contributed by atoms with E-state index in [4.69, 9.17) is 32.7 Å². The molecule has 0 bridgehead atoms. The van der Waals surface area contributed by atoms with E-state index in [-0.39, 0.29) is 0 Å². The van der Waals surface area contributed by atoms with Crippen LogP contribution < -0.4 is 9.47 Å². The first kappa shape index (κ1) is 16.0. The molecule has 2 nitrogen and oxygen atoms in total. The Morgan fingerprint density at radius 2 is 1.70 bits per heavy atom. The third kappa shape index (κ3) is 3.82. The summed E-state index contributed by atoms with van der Waals surface area (Å²) in [5.41, 5.74) is 0.993. The Morgan fingerprint density at radius 1 is 0.950 bits per heavy atom. The monoisotopic (exact) mass is 438 g/mol. The Kier molecular flexibility index (Phi) is 5.61. The van der Waals surface area contributed by atoms with Crippen LogP contribution in [0.15, 0.2) is 39.3 Å². The van der Waals surface area contributed by atoms with Crippen LogP contribution in [0.25, 0.3) is 0 Å². The van der Waals surface area contributed by atoms with Gasteiger partial charge in [-0.3, -0.25) is 0 Å². The summed E-state index contributed by atoms with van der Waals surface area (Å²) in [6.07, 6.45) is 0. The average molecular weight is 441 g/mol. The van der Waals surface area contributed by atoms with Crippen molar-refractivity contribution in [1.82, 2.24) is 0 Å². The van der Waals surface area contributed by atoms with E-state index < -0.39 is 0 Å². The maximum Gasteiger partial charge on any atom is 0.139 e. The van der Waals surface area contributed by atoms with Gasteiger partial charge >= 0.3 is 0 Å². The standard InChI is InChI=1S/C14H10Br2Cl2O2/c1-19-13-3-2-8(4-10(13)16)7-20-14-6-11(17)9(15)5-12(14)18/h2-6H,7H2,1H3. The Bertz CT molecular complexity index is 633. The predicted octanol–water partition coefficient (Wildman–Crippen LogP) is 6.11. The first-order valence-electron chi connectivity index (χ1n) is 5.61. The van der Waals surface area contributed by atoms with Crippen molar-refractivity contribution in [3.63, 3.8) is 0 Å². The van der Waals surface area contributed by atoms with Crippen LogP contribution in [0, 0.1) is 0 Å². The Morgan fingerprint density at radius 3 is 2.35 bits per heavy atom. The molecule has 2 aromatic rings. The van der Waals surface area contributed by atoms with Crippen molar-refractivity contribution in [2.24, 2.45) is 0 Å². The van der Waals surface area contributed by atoms with Crippen LogP contribution in [0.5, 0.6) is 11.5 Å². The molecule has 0 atom stereocenters. The lowest BCUT2D eigenvalue weighted by atomic mass is 10.2. The fourth-order valence-electron chi connectivity index (χ4n) is 1.58. The zero-order valence-corrected chi connectivity index (χ0v) is 15.1. The van der Waals surface area contributed by atoms with Crippen LogP contribution in [0.4, 0.5) is 0 Å². The maximum absolute atomic E-state index is 6.10. The minimum atomic E-state index is 0.389. The SMILES string of the molecule is COc1ccc(COc2cc(Cl)c(Br)cc2Cl)cc1Br. The largest absolute Gasteiger partial charge is 0.496 e. The lowest BCUT2D eigenvalue weighted by Gasteiger charge is -2.10. The fraction of sp³-hybridized carbons (Fsp3) is 0.143. The molecule has 20 heavy (non-hydrogen) atoms. The number of ether oxygens (including phenoxy) is 2. The van der Waals surface area contributed by atoms with Gasteiger partial charge in [0.15, 0.2) is 0 Å². The van der Waals surface area contributed by atoms with Crippen molar-refractivity contribution in [3.05, 3.63) is 54.9 Å². The molecule has 0 amide bonds. The summed E-state index contributed by atoms with van der Waals surface area (Å²) in [6.45, 7) is 0.389. The van der Waals surface area contributed by atoms with E-state index in [2.05, 4.69) is 31.9 Å². The lowest BCUT2D eigenvalue weighted by Crippen LogP contribution is -1.97. The van der Waals surface area contributed by atoms with Crippen LogP contribution in [0.1, 0.15) is 5.56 Å². The highest BCUT2D eigenvalue weighted by Crippen LogP contribution is 2.34. The van der Waals surface area contributed by atoms with Gasteiger partial charge in [-0.25, -0.2) is 0 Å².